The van der Waals surface area contributed by atoms with E-state index in [1.165, 1.54) is 0 Å². The van der Waals surface area contributed by atoms with Gasteiger partial charge in [0.25, 0.3) is 0 Å². The Bertz CT molecular complexity index is 719. The first-order valence-electron chi connectivity index (χ1n) is 5.96. The number of fused-ring (bicyclic) bond motifs is 1. The Morgan fingerprint density at radius 2 is 1.89 bits per heavy atom. The summed E-state index contributed by atoms with van der Waals surface area (Å²) in [5.74, 6) is -1.55. The van der Waals surface area contributed by atoms with Crippen molar-refractivity contribution in [2.45, 2.75) is 5.92 Å². The largest absolute Gasteiger partial charge is 0.481 e. The second-order valence-corrected chi connectivity index (χ2v) is 4.34. The van der Waals surface area contributed by atoms with Crippen molar-refractivity contribution in [3.63, 3.8) is 0 Å². The average Bonchev–Trinajstić information content (AvgIpc) is 2.84. The maximum absolute atomic E-state index is 11.6. The molecular weight excluding hydrogens is 240 g/mol. The van der Waals surface area contributed by atoms with Gasteiger partial charge < -0.3 is 10.1 Å². The molecule has 0 radical (unpaired) electrons. The molecule has 2 heterocycles. The van der Waals surface area contributed by atoms with Gasteiger partial charge in [-0.3, -0.25) is 9.78 Å². The summed E-state index contributed by atoms with van der Waals surface area (Å²) in [5, 5.41) is 10.5. The molecule has 2 N–H and O–H groups in total. The molecule has 0 fully saturated rings. The minimum atomic E-state index is -0.865. The minimum absolute atomic E-state index is 0.681. The zero-order valence-corrected chi connectivity index (χ0v) is 10.1. The minimum Gasteiger partial charge on any atom is -0.481 e. The summed E-state index contributed by atoms with van der Waals surface area (Å²) >= 11 is 0. The van der Waals surface area contributed by atoms with Crippen molar-refractivity contribution in [2.75, 3.05) is 0 Å². The third-order valence-electron chi connectivity index (χ3n) is 3.22. The molecule has 3 aromatic rings. The van der Waals surface area contributed by atoms with Gasteiger partial charge in [-0.1, -0.05) is 18.2 Å². The zero-order chi connectivity index (χ0) is 13.2. The molecule has 19 heavy (non-hydrogen) atoms. The third kappa shape index (κ3) is 1.97. The van der Waals surface area contributed by atoms with Crippen LogP contribution >= 0.6 is 0 Å². The van der Waals surface area contributed by atoms with E-state index in [2.05, 4.69) is 9.97 Å². The highest BCUT2D eigenvalue weighted by molar-refractivity contribution is 5.91. The number of nitrogens with one attached hydrogen (secondary N) is 1. The summed E-state index contributed by atoms with van der Waals surface area (Å²) in [6.07, 6.45) is 4.99. The highest BCUT2D eigenvalue weighted by Gasteiger charge is 2.24. The van der Waals surface area contributed by atoms with Crippen molar-refractivity contribution >= 4 is 16.9 Å². The van der Waals surface area contributed by atoms with Crippen LogP contribution in [0.2, 0.25) is 0 Å². The van der Waals surface area contributed by atoms with E-state index in [0.717, 1.165) is 22.0 Å². The van der Waals surface area contributed by atoms with Gasteiger partial charge in [0.05, 0.1) is 0 Å². The fraction of sp³-hybridized carbons (Fsp3) is 0.0667. The first kappa shape index (κ1) is 11.5. The van der Waals surface area contributed by atoms with Gasteiger partial charge in [-0.2, -0.15) is 0 Å². The van der Waals surface area contributed by atoms with E-state index in [0.29, 0.717) is 0 Å². The van der Waals surface area contributed by atoms with E-state index in [9.17, 15) is 9.90 Å². The lowest BCUT2D eigenvalue weighted by Crippen LogP contribution is -2.12. The molecule has 4 nitrogen and oxygen atoms in total. The summed E-state index contributed by atoms with van der Waals surface area (Å²) in [6.45, 7) is 0. The van der Waals surface area contributed by atoms with Gasteiger partial charge in [-0.15, -0.1) is 0 Å². The lowest BCUT2D eigenvalue weighted by atomic mass is 9.92. The molecular formula is C15H12N2O2. The van der Waals surface area contributed by atoms with E-state index < -0.39 is 11.9 Å². The van der Waals surface area contributed by atoms with Crippen molar-refractivity contribution in [3.05, 3.63) is 66.1 Å². The molecule has 0 amide bonds. The van der Waals surface area contributed by atoms with Gasteiger partial charge in [0.1, 0.15) is 5.92 Å². The Hall–Kier alpha value is -2.62. The predicted octanol–water partition coefficient (Wildman–Crippen LogP) is 2.78. The summed E-state index contributed by atoms with van der Waals surface area (Å²) in [5.41, 5.74) is 2.44. The summed E-state index contributed by atoms with van der Waals surface area (Å²) in [4.78, 5) is 18.7. The highest BCUT2D eigenvalue weighted by Crippen LogP contribution is 2.30. The second-order valence-electron chi connectivity index (χ2n) is 4.34. The third-order valence-corrected chi connectivity index (χ3v) is 3.22. The van der Waals surface area contributed by atoms with Crippen molar-refractivity contribution < 1.29 is 9.90 Å². The Labute approximate surface area is 109 Å². The smallest absolute Gasteiger partial charge is 0.315 e. The van der Waals surface area contributed by atoms with Gasteiger partial charge in [0, 0.05) is 29.5 Å². The number of carbonyl (C=O) groups is 1. The standard InChI is InChI=1S/C15H12N2O2/c18-15(19)14(10-5-7-16-8-6-10)12-9-17-13-4-2-1-3-11(12)13/h1-9,14,17H,(H,18,19). The highest BCUT2D eigenvalue weighted by atomic mass is 16.4. The average molecular weight is 252 g/mol. The number of rotatable bonds is 3. The lowest BCUT2D eigenvalue weighted by Gasteiger charge is -2.11. The van der Waals surface area contributed by atoms with Gasteiger partial charge >= 0.3 is 5.97 Å². The number of hydrogen-bond donors (Lipinski definition) is 2. The van der Waals surface area contributed by atoms with Crippen molar-refractivity contribution in [3.8, 4) is 0 Å². The Kier molecular flexibility index (Phi) is 2.76. The Morgan fingerprint density at radius 1 is 1.16 bits per heavy atom. The van der Waals surface area contributed by atoms with E-state index in [1.54, 1.807) is 30.7 Å². The van der Waals surface area contributed by atoms with E-state index in [1.807, 2.05) is 24.3 Å². The number of hydrogen-bond acceptors (Lipinski definition) is 2. The van der Waals surface area contributed by atoms with Crippen LogP contribution in [0.25, 0.3) is 10.9 Å². The number of H-pyrrole nitrogens is 1. The number of carboxylic acids is 1. The molecule has 0 aliphatic rings. The quantitative estimate of drug-likeness (QED) is 0.753. The number of nitrogens with zero attached hydrogens (tertiary/aromatic N) is 1. The van der Waals surface area contributed by atoms with Crippen molar-refractivity contribution in [2.24, 2.45) is 0 Å². The summed E-state index contributed by atoms with van der Waals surface area (Å²) in [7, 11) is 0. The van der Waals surface area contributed by atoms with Crippen molar-refractivity contribution in [1.29, 1.82) is 0 Å². The molecule has 0 spiro atoms. The fourth-order valence-electron chi connectivity index (χ4n) is 2.34. The Balaban J connectivity index is 2.18. The molecule has 1 atom stereocenters. The number of benzene rings is 1. The van der Waals surface area contributed by atoms with Crippen LogP contribution < -0.4 is 0 Å². The predicted molar refractivity (Wildman–Crippen MR) is 72.0 cm³/mol. The molecule has 0 aliphatic carbocycles. The molecule has 0 aliphatic heterocycles. The van der Waals surface area contributed by atoms with Crippen LogP contribution in [0.15, 0.2) is 55.0 Å². The number of aromatic nitrogens is 2. The SMILES string of the molecule is O=C(O)C(c1ccncc1)c1c[nH]c2ccccc12. The molecule has 1 unspecified atom stereocenters. The maximum atomic E-state index is 11.6. The van der Waals surface area contributed by atoms with Gasteiger partial charge in [-0.25, -0.2) is 0 Å². The molecule has 3 rings (SSSR count). The summed E-state index contributed by atoms with van der Waals surface area (Å²) < 4.78 is 0. The van der Waals surface area contributed by atoms with Crippen LogP contribution in [0.4, 0.5) is 0 Å². The number of carboxylic acid groups (broad SMARTS) is 1. The maximum Gasteiger partial charge on any atom is 0.315 e. The number of pyridine rings is 1. The van der Waals surface area contributed by atoms with E-state index in [-0.39, 0.29) is 0 Å². The van der Waals surface area contributed by atoms with E-state index in [4.69, 9.17) is 0 Å². The molecule has 4 heteroatoms. The normalized spacial score (nSPS) is 12.4. The number of para-hydroxylation sites is 1. The van der Waals surface area contributed by atoms with E-state index >= 15 is 0 Å². The molecule has 1 aromatic carbocycles. The summed E-state index contributed by atoms with van der Waals surface area (Å²) in [6, 6.07) is 11.2. The van der Waals surface area contributed by atoms with Gasteiger partial charge in [0.2, 0.25) is 0 Å². The molecule has 2 aromatic heterocycles. The Morgan fingerprint density at radius 3 is 2.63 bits per heavy atom. The van der Waals surface area contributed by atoms with Crippen molar-refractivity contribution in [1.82, 2.24) is 9.97 Å². The number of aliphatic carboxylic acids is 1. The fourth-order valence-corrected chi connectivity index (χ4v) is 2.34. The van der Waals surface area contributed by atoms with Crippen LogP contribution in [0.1, 0.15) is 17.0 Å². The second kappa shape index (κ2) is 4.57. The first-order chi connectivity index (χ1) is 9.27. The van der Waals surface area contributed by atoms with Crippen LogP contribution in [0.5, 0.6) is 0 Å². The molecule has 94 valence electrons. The van der Waals surface area contributed by atoms with Gasteiger partial charge in [0.15, 0.2) is 0 Å². The number of aromatic amines is 1. The molecule has 0 bridgehead atoms. The van der Waals surface area contributed by atoms with Crippen LogP contribution in [-0.2, 0) is 4.79 Å². The van der Waals surface area contributed by atoms with Crippen LogP contribution in [-0.4, -0.2) is 21.0 Å². The molecule has 0 saturated carbocycles. The van der Waals surface area contributed by atoms with Gasteiger partial charge in [-0.05, 0) is 29.3 Å². The first-order valence-corrected chi connectivity index (χ1v) is 5.96. The lowest BCUT2D eigenvalue weighted by molar-refractivity contribution is -0.137. The monoisotopic (exact) mass is 252 g/mol. The van der Waals surface area contributed by atoms with Crippen LogP contribution in [0.3, 0.4) is 0 Å². The zero-order valence-electron chi connectivity index (χ0n) is 10.1. The molecule has 0 saturated heterocycles. The van der Waals surface area contributed by atoms with Crippen LogP contribution in [0, 0.1) is 0 Å². The topological polar surface area (TPSA) is 66.0 Å².